The SMILES string of the molecule is CN1CCN(c2ccc3c(c2)CN(C(=O)c2cc4c(CCC(F)(F)F)[nH]nc4cc2O)C3)CC1. The number of phenols is 1. The number of carbonyl (C=O) groups excluding carboxylic acids is 1. The molecule has 0 unspecified atom stereocenters. The van der Waals surface area contributed by atoms with E-state index in [0.717, 1.165) is 43.0 Å². The molecule has 2 aliphatic heterocycles. The zero-order valence-electron chi connectivity index (χ0n) is 18.8. The van der Waals surface area contributed by atoms with Crippen molar-refractivity contribution in [1.82, 2.24) is 20.0 Å². The molecule has 10 heteroatoms. The van der Waals surface area contributed by atoms with Crippen LogP contribution in [-0.2, 0) is 19.5 Å². The maximum absolute atomic E-state index is 13.3. The summed E-state index contributed by atoms with van der Waals surface area (Å²) in [6, 6.07) is 9.03. The zero-order chi connectivity index (χ0) is 24.0. The van der Waals surface area contributed by atoms with Crippen molar-refractivity contribution >= 4 is 22.5 Å². The Morgan fingerprint density at radius 1 is 1.09 bits per heavy atom. The van der Waals surface area contributed by atoms with E-state index >= 15 is 0 Å². The van der Waals surface area contributed by atoms with Gasteiger partial charge in [-0.1, -0.05) is 6.07 Å². The zero-order valence-corrected chi connectivity index (χ0v) is 18.8. The number of hydrogen-bond donors (Lipinski definition) is 2. The molecule has 0 atom stereocenters. The minimum atomic E-state index is -4.29. The Balaban J connectivity index is 1.35. The predicted octanol–water partition coefficient (Wildman–Crippen LogP) is 3.67. The molecule has 1 fully saturated rings. The van der Waals surface area contributed by atoms with Crippen molar-refractivity contribution in [3.8, 4) is 5.75 Å². The van der Waals surface area contributed by atoms with E-state index in [4.69, 9.17) is 0 Å². The Morgan fingerprint density at radius 3 is 2.56 bits per heavy atom. The molecule has 0 radical (unpaired) electrons. The van der Waals surface area contributed by atoms with Crippen LogP contribution < -0.4 is 4.90 Å². The molecule has 1 amide bonds. The van der Waals surface area contributed by atoms with E-state index < -0.39 is 12.6 Å². The number of amides is 1. The Labute approximate surface area is 194 Å². The van der Waals surface area contributed by atoms with Crippen LogP contribution in [0, 0.1) is 0 Å². The molecule has 7 nitrogen and oxygen atoms in total. The maximum atomic E-state index is 13.3. The second-order valence-corrected chi connectivity index (χ2v) is 9.11. The molecule has 1 aromatic heterocycles. The number of aromatic nitrogens is 2. The molecule has 3 heterocycles. The smallest absolute Gasteiger partial charge is 0.389 e. The van der Waals surface area contributed by atoms with E-state index in [-0.39, 0.29) is 23.6 Å². The number of aryl methyl sites for hydroxylation is 1. The van der Waals surface area contributed by atoms with E-state index in [2.05, 4.69) is 39.2 Å². The molecule has 0 bridgehead atoms. The fourth-order valence-electron chi connectivity index (χ4n) is 4.68. The monoisotopic (exact) mass is 473 g/mol. The van der Waals surface area contributed by atoms with Gasteiger partial charge in [-0.3, -0.25) is 9.89 Å². The molecule has 0 saturated carbocycles. The van der Waals surface area contributed by atoms with Gasteiger partial charge in [0.2, 0.25) is 0 Å². The number of carbonyl (C=O) groups is 1. The number of nitrogens with one attached hydrogen (secondary N) is 1. The van der Waals surface area contributed by atoms with Crippen LogP contribution in [-0.4, -0.2) is 70.4 Å². The number of piperazine rings is 1. The largest absolute Gasteiger partial charge is 0.507 e. The molecule has 180 valence electrons. The molecule has 34 heavy (non-hydrogen) atoms. The fraction of sp³-hybridized carbons (Fsp3) is 0.417. The molecular weight excluding hydrogens is 447 g/mol. The van der Waals surface area contributed by atoms with E-state index in [1.807, 2.05) is 6.07 Å². The molecule has 2 N–H and O–H groups in total. The third-order valence-electron chi connectivity index (χ3n) is 6.71. The van der Waals surface area contributed by atoms with Crippen LogP contribution in [0.3, 0.4) is 0 Å². The summed E-state index contributed by atoms with van der Waals surface area (Å²) in [6.07, 6.45) is -5.56. The second-order valence-electron chi connectivity index (χ2n) is 9.11. The molecule has 5 rings (SSSR count). The normalized spacial score (nSPS) is 16.9. The Hall–Kier alpha value is -3.27. The summed E-state index contributed by atoms with van der Waals surface area (Å²) in [6.45, 7) is 4.74. The average Bonchev–Trinajstić information content (AvgIpc) is 3.39. The molecule has 3 aromatic rings. The number of hydrogen-bond acceptors (Lipinski definition) is 5. The summed E-state index contributed by atoms with van der Waals surface area (Å²) in [5, 5.41) is 17.5. The van der Waals surface area contributed by atoms with E-state index in [0.29, 0.717) is 29.7 Å². The number of fused-ring (bicyclic) bond motifs is 2. The third kappa shape index (κ3) is 4.42. The lowest BCUT2D eigenvalue weighted by atomic mass is 10.1. The summed E-state index contributed by atoms with van der Waals surface area (Å²) >= 11 is 0. The van der Waals surface area contributed by atoms with E-state index in [9.17, 15) is 23.1 Å². The summed E-state index contributed by atoms with van der Waals surface area (Å²) in [4.78, 5) is 19.6. The van der Waals surface area contributed by atoms with Crippen molar-refractivity contribution in [2.24, 2.45) is 0 Å². The average molecular weight is 473 g/mol. The first-order chi connectivity index (χ1) is 16.2. The van der Waals surface area contributed by atoms with Gasteiger partial charge in [0.15, 0.2) is 0 Å². The van der Waals surface area contributed by atoms with Crippen LogP contribution in [0.1, 0.15) is 33.6 Å². The van der Waals surface area contributed by atoms with Gasteiger partial charge in [-0.15, -0.1) is 0 Å². The first kappa shape index (κ1) is 22.5. The highest BCUT2D eigenvalue weighted by molar-refractivity contribution is 6.01. The number of aromatic hydroxyl groups is 1. The van der Waals surface area contributed by atoms with Gasteiger partial charge in [0.05, 0.1) is 11.1 Å². The van der Waals surface area contributed by atoms with Crippen LogP contribution in [0.2, 0.25) is 0 Å². The number of halogens is 3. The quantitative estimate of drug-likeness (QED) is 0.605. The standard InChI is InChI=1S/C24H26F3N5O2/c1-30-6-8-31(9-7-30)17-3-2-15-13-32(14-16(15)10-17)23(34)19-11-18-20(4-5-24(25,26)27)28-29-21(18)12-22(19)33/h2-3,10-12,33H,4-9,13-14H2,1H3,(H,28,29). The Kier molecular flexibility index (Phi) is 5.63. The van der Waals surface area contributed by atoms with Gasteiger partial charge < -0.3 is 19.8 Å². The fourth-order valence-corrected chi connectivity index (χ4v) is 4.68. The molecular formula is C24H26F3N5O2. The highest BCUT2D eigenvalue weighted by atomic mass is 19.4. The number of likely N-dealkylation sites (N-methyl/N-ethyl adjacent to an activating group) is 1. The Bertz CT molecular complexity index is 1230. The number of aromatic amines is 1. The summed E-state index contributed by atoms with van der Waals surface area (Å²) in [5.41, 5.74) is 3.95. The third-order valence-corrected chi connectivity index (χ3v) is 6.71. The van der Waals surface area contributed by atoms with Gasteiger partial charge in [0.25, 0.3) is 5.91 Å². The van der Waals surface area contributed by atoms with E-state index in [1.54, 1.807) is 4.90 Å². The van der Waals surface area contributed by atoms with Gasteiger partial charge in [-0.25, -0.2) is 0 Å². The maximum Gasteiger partial charge on any atom is 0.389 e. The highest BCUT2D eigenvalue weighted by Crippen LogP contribution is 2.33. The first-order valence-corrected chi connectivity index (χ1v) is 11.3. The van der Waals surface area contributed by atoms with Crippen LogP contribution in [0.4, 0.5) is 18.9 Å². The lowest BCUT2D eigenvalue weighted by molar-refractivity contribution is -0.134. The van der Waals surface area contributed by atoms with Gasteiger partial charge >= 0.3 is 6.18 Å². The second kappa shape index (κ2) is 8.50. The molecule has 0 aliphatic carbocycles. The summed E-state index contributed by atoms with van der Waals surface area (Å²) in [7, 11) is 2.11. The lowest BCUT2D eigenvalue weighted by Gasteiger charge is -2.34. The van der Waals surface area contributed by atoms with Crippen molar-refractivity contribution in [3.05, 3.63) is 52.7 Å². The molecule has 2 aliphatic rings. The van der Waals surface area contributed by atoms with Crippen molar-refractivity contribution < 1.29 is 23.1 Å². The summed E-state index contributed by atoms with van der Waals surface area (Å²) in [5.74, 6) is -0.597. The number of H-pyrrole nitrogens is 1. The molecule has 2 aromatic carbocycles. The number of alkyl halides is 3. The Morgan fingerprint density at radius 2 is 1.82 bits per heavy atom. The van der Waals surface area contributed by atoms with Gasteiger partial charge in [0, 0.05) is 68.5 Å². The van der Waals surface area contributed by atoms with E-state index in [1.165, 1.54) is 12.1 Å². The lowest BCUT2D eigenvalue weighted by Crippen LogP contribution is -2.44. The van der Waals surface area contributed by atoms with Gasteiger partial charge in [-0.2, -0.15) is 18.3 Å². The number of benzene rings is 2. The molecule has 1 saturated heterocycles. The minimum Gasteiger partial charge on any atom is -0.507 e. The number of nitrogens with zero attached hydrogens (tertiary/aromatic N) is 4. The molecule has 0 spiro atoms. The van der Waals surface area contributed by atoms with Crippen LogP contribution in [0.15, 0.2) is 30.3 Å². The van der Waals surface area contributed by atoms with Gasteiger partial charge in [0.1, 0.15) is 5.75 Å². The van der Waals surface area contributed by atoms with Crippen molar-refractivity contribution in [2.75, 3.05) is 38.1 Å². The van der Waals surface area contributed by atoms with Crippen LogP contribution >= 0.6 is 0 Å². The number of phenolic OH excluding ortho intramolecular Hbond substituents is 1. The first-order valence-electron chi connectivity index (χ1n) is 11.3. The predicted molar refractivity (Wildman–Crippen MR) is 122 cm³/mol. The topological polar surface area (TPSA) is 75.7 Å². The van der Waals surface area contributed by atoms with Crippen molar-refractivity contribution in [1.29, 1.82) is 0 Å². The highest BCUT2D eigenvalue weighted by Gasteiger charge is 2.29. The minimum absolute atomic E-state index is 0.0641. The van der Waals surface area contributed by atoms with Crippen molar-refractivity contribution in [2.45, 2.75) is 32.1 Å². The van der Waals surface area contributed by atoms with Crippen LogP contribution in [0.5, 0.6) is 5.75 Å². The van der Waals surface area contributed by atoms with Gasteiger partial charge in [-0.05, 0) is 42.8 Å². The number of rotatable bonds is 4. The van der Waals surface area contributed by atoms with Crippen LogP contribution in [0.25, 0.3) is 10.9 Å². The van der Waals surface area contributed by atoms with Crippen molar-refractivity contribution in [3.63, 3.8) is 0 Å². The summed E-state index contributed by atoms with van der Waals surface area (Å²) < 4.78 is 38.0. The number of anilines is 1.